The number of hydrogen-bond acceptors (Lipinski definition) is 7. The van der Waals surface area contributed by atoms with E-state index in [4.69, 9.17) is 14.2 Å². The fourth-order valence-corrected chi connectivity index (χ4v) is 3.41. The second-order valence-corrected chi connectivity index (χ2v) is 7.12. The Morgan fingerprint density at radius 1 is 1.23 bits per heavy atom. The number of non-ortho nitro benzene ring substituents is 1. The highest BCUT2D eigenvalue weighted by molar-refractivity contribution is 14.1. The first kappa shape index (κ1) is 23.9. The zero-order chi connectivity index (χ0) is 23.0. The molecule has 0 fully saturated rings. The Labute approximate surface area is 192 Å². The highest BCUT2D eigenvalue weighted by atomic mass is 127. The van der Waals surface area contributed by atoms with Crippen molar-refractivity contribution in [2.75, 3.05) is 25.6 Å². The number of carbonyl (C=O) groups excluding carboxylic acids is 1. The lowest BCUT2D eigenvalue weighted by atomic mass is 10.1. The molecule has 0 aromatic heterocycles. The molecule has 1 N–H and O–H groups in total. The molecule has 162 valence electrons. The molecule has 2 rings (SSSR count). The van der Waals surface area contributed by atoms with Gasteiger partial charge in [0.15, 0.2) is 11.5 Å². The number of nitriles is 1. The van der Waals surface area contributed by atoms with Crippen LogP contribution < -0.4 is 19.5 Å². The van der Waals surface area contributed by atoms with Gasteiger partial charge >= 0.3 is 0 Å². The average molecular weight is 537 g/mol. The van der Waals surface area contributed by atoms with Crippen LogP contribution in [0.4, 0.5) is 11.4 Å². The van der Waals surface area contributed by atoms with Crippen molar-refractivity contribution >= 4 is 45.9 Å². The van der Waals surface area contributed by atoms with Crippen molar-refractivity contribution in [3.05, 3.63) is 55.2 Å². The van der Waals surface area contributed by atoms with Crippen LogP contribution in [0, 0.1) is 25.0 Å². The van der Waals surface area contributed by atoms with Crippen LogP contribution in [-0.4, -0.2) is 31.2 Å². The molecule has 0 aliphatic rings. The lowest BCUT2D eigenvalue weighted by Gasteiger charge is -2.14. The largest absolute Gasteiger partial charge is 0.495 e. The van der Waals surface area contributed by atoms with Crippen LogP contribution in [-0.2, 0) is 4.79 Å². The molecular weight excluding hydrogens is 517 g/mol. The molecule has 0 aliphatic heterocycles. The summed E-state index contributed by atoms with van der Waals surface area (Å²) in [6.45, 7) is 4.58. The van der Waals surface area contributed by atoms with Gasteiger partial charge in [0, 0.05) is 12.1 Å². The summed E-state index contributed by atoms with van der Waals surface area (Å²) in [5.74, 6) is 0.584. The summed E-state index contributed by atoms with van der Waals surface area (Å²) in [5.41, 5.74) is 0.227. The van der Waals surface area contributed by atoms with Gasteiger partial charge in [-0.3, -0.25) is 14.9 Å². The molecular formula is C21H20IN3O6. The van der Waals surface area contributed by atoms with Crippen LogP contribution in [0.5, 0.6) is 17.2 Å². The fourth-order valence-electron chi connectivity index (χ4n) is 2.63. The van der Waals surface area contributed by atoms with Gasteiger partial charge in [-0.2, -0.15) is 5.26 Å². The summed E-state index contributed by atoms with van der Waals surface area (Å²) in [7, 11) is 1.37. The van der Waals surface area contributed by atoms with Gasteiger partial charge in [-0.1, -0.05) is 0 Å². The molecule has 0 saturated carbocycles. The Kier molecular flexibility index (Phi) is 8.63. The molecule has 0 saturated heterocycles. The van der Waals surface area contributed by atoms with Crippen molar-refractivity contribution in [3.63, 3.8) is 0 Å². The van der Waals surface area contributed by atoms with Crippen LogP contribution >= 0.6 is 22.6 Å². The highest BCUT2D eigenvalue weighted by Crippen LogP contribution is 2.35. The van der Waals surface area contributed by atoms with Crippen molar-refractivity contribution in [2.24, 2.45) is 0 Å². The first-order valence-corrected chi connectivity index (χ1v) is 10.3. The van der Waals surface area contributed by atoms with Gasteiger partial charge in [-0.15, -0.1) is 0 Å². The van der Waals surface area contributed by atoms with Crippen LogP contribution in [0.3, 0.4) is 0 Å². The Bertz CT molecular complexity index is 1060. The number of amides is 1. The van der Waals surface area contributed by atoms with Gasteiger partial charge in [0.05, 0.1) is 34.5 Å². The first-order chi connectivity index (χ1) is 14.8. The predicted octanol–water partition coefficient (Wildman–Crippen LogP) is 4.55. The smallest absolute Gasteiger partial charge is 0.271 e. The number of rotatable bonds is 9. The molecule has 0 spiro atoms. The Balaban J connectivity index is 2.40. The summed E-state index contributed by atoms with van der Waals surface area (Å²) >= 11 is 2.09. The summed E-state index contributed by atoms with van der Waals surface area (Å²) in [4.78, 5) is 23.1. The van der Waals surface area contributed by atoms with E-state index in [0.29, 0.717) is 30.3 Å². The molecule has 2 aromatic carbocycles. The minimum atomic E-state index is -0.733. The van der Waals surface area contributed by atoms with Crippen LogP contribution in [0.15, 0.2) is 35.9 Å². The second-order valence-electron chi connectivity index (χ2n) is 5.96. The maximum Gasteiger partial charge on any atom is 0.271 e. The predicted molar refractivity (Wildman–Crippen MR) is 123 cm³/mol. The number of nitrogens with zero attached hydrogens (tertiary/aromatic N) is 2. The van der Waals surface area contributed by atoms with E-state index in [9.17, 15) is 20.2 Å². The number of halogens is 1. The second kappa shape index (κ2) is 11.2. The van der Waals surface area contributed by atoms with E-state index < -0.39 is 10.8 Å². The van der Waals surface area contributed by atoms with E-state index >= 15 is 0 Å². The van der Waals surface area contributed by atoms with Gasteiger partial charge in [-0.25, -0.2) is 0 Å². The van der Waals surface area contributed by atoms with Crippen molar-refractivity contribution in [2.45, 2.75) is 13.8 Å². The van der Waals surface area contributed by atoms with Crippen LogP contribution in [0.1, 0.15) is 19.4 Å². The molecule has 31 heavy (non-hydrogen) atoms. The van der Waals surface area contributed by atoms with Crippen molar-refractivity contribution in [1.29, 1.82) is 5.26 Å². The van der Waals surface area contributed by atoms with Crippen molar-refractivity contribution in [3.8, 4) is 23.3 Å². The average Bonchev–Trinajstić information content (AvgIpc) is 2.74. The maximum absolute atomic E-state index is 12.7. The maximum atomic E-state index is 12.7. The monoisotopic (exact) mass is 537 g/mol. The SMILES string of the molecule is CCOc1cc(/C=C(\C#N)C(=O)Nc2cc([N+](=O)[O-])ccc2OC)cc(I)c1OCC. The summed E-state index contributed by atoms with van der Waals surface area (Å²) < 4.78 is 17.1. The normalized spacial score (nSPS) is 10.7. The van der Waals surface area contributed by atoms with E-state index in [1.165, 1.54) is 31.4 Å². The third-order valence-corrected chi connectivity index (χ3v) is 4.74. The number of methoxy groups -OCH3 is 1. The van der Waals surface area contributed by atoms with Crippen LogP contribution in [0.25, 0.3) is 6.08 Å². The molecule has 0 bridgehead atoms. The zero-order valence-corrected chi connectivity index (χ0v) is 19.3. The van der Waals surface area contributed by atoms with Gasteiger partial charge in [0.25, 0.3) is 11.6 Å². The van der Waals surface area contributed by atoms with E-state index in [1.54, 1.807) is 12.1 Å². The summed E-state index contributed by atoms with van der Waals surface area (Å²) in [5, 5.41) is 23.0. The lowest BCUT2D eigenvalue weighted by Crippen LogP contribution is -2.14. The number of nitro benzene ring substituents is 1. The van der Waals surface area contributed by atoms with Gasteiger partial charge in [0.1, 0.15) is 17.4 Å². The topological polar surface area (TPSA) is 124 Å². The van der Waals surface area contributed by atoms with Gasteiger partial charge < -0.3 is 19.5 Å². The molecule has 1 amide bonds. The quantitative estimate of drug-likeness (QED) is 0.164. The molecule has 0 unspecified atom stereocenters. The standard InChI is InChI=1S/C21H20IN3O6/c1-4-30-19-10-13(9-16(22)20(19)31-5-2)8-14(12-23)21(26)24-17-11-15(25(27)28)6-7-18(17)29-3/h6-11H,4-5H2,1-3H3,(H,24,26)/b14-8+. The lowest BCUT2D eigenvalue weighted by molar-refractivity contribution is -0.384. The third kappa shape index (κ3) is 6.08. The van der Waals surface area contributed by atoms with Crippen LogP contribution in [0.2, 0.25) is 0 Å². The number of anilines is 1. The van der Waals surface area contributed by atoms with E-state index in [-0.39, 0.29) is 22.7 Å². The Hall–Kier alpha value is -3.33. The minimum Gasteiger partial charge on any atom is -0.495 e. The summed E-state index contributed by atoms with van der Waals surface area (Å²) in [6, 6.07) is 9.08. The Morgan fingerprint density at radius 2 is 1.94 bits per heavy atom. The van der Waals surface area contributed by atoms with Crippen molar-refractivity contribution < 1.29 is 23.9 Å². The molecule has 0 heterocycles. The molecule has 0 atom stereocenters. The van der Waals surface area contributed by atoms with Gasteiger partial charge in [-0.05, 0) is 66.3 Å². The number of benzene rings is 2. The first-order valence-electron chi connectivity index (χ1n) is 9.19. The highest BCUT2D eigenvalue weighted by Gasteiger charge is 2.17. The molecule has 0 aliphatic carbocycles. The number of ether oxygens (including phenoxy) is 3. The number of carbonyl (C=O) groups is 1. The molecule has 2 aromatic rings. The third-order valence-electron chi connectivity index (χ3n) is 3.94. The Morgan fingerprint density at radius 3 is 2.52 bits per heavy atom. The number of nitro groups is 1. The number of hydrogen-bond donors (Lipinski definition) is 1. The minimum absolute atomic E-state index is 0.0825. The van der Waals surface area contributed by atoms with Crippen molar-refractivity contribution in [1.82, 2.24) is 0 Å². The van der Waals surface area contributed by atoms with E-state index in [0.717, 1.165) is 3.57 Å². The summed E-state index contributed by atoms with van der Waals surface area (Å²) in [6.07, 6.45) is 1.40. The van der Waals surface area contributed by atoms with E-state index in [2.05, 4.69) is 27.9 Å². The zero-order valence-electron chi connectivity index (χ0n) is 17.1. The fraction of sp³-hybridized carbons (Fsp3) is 0.238. The molecule has 10 heteroatoms. The molecule has 9 nitrogen and oxygen atoms in total. The van der Waals surface area contributed by atoms with Gasteiger partial charge in [0.2, 0.25) is 0 Å². The molecule has 0 radical (unpaired) electrons. The van der Waals surface area contributed by atoms with E-state index in [1.807, 2.05) is 19.9 Å². The number of nitrogens with one attached hydrogen (secondary N) is 1.